The van der Waals surface area contributed by atoms with Crippen molar-refractivity contribution in [2.45, 2.75) is 110 Å². The van der Waals surface area contributed by atoms with Gasteiger partial charge in [-0.05, 0) is 118 Å². The molecule has 27 heavy (non-hydrogen) atoms. The first-order chi connectivity index (χ1) is 12.9. The van der Waals surface area contributed by atoms with E-state index in [9.17, 15) is 5.11 Å². The first-order valence-corrected chi connectivity index (χ1v) is 12.3. The van der Waals surface area contributed by atoms with Crippen molar-refractivity contribution in [3.8, 4) is 0 Å². The van der Waals surface area contributed by atoms with Gasteiger partial charge in [-0.2, -0.15) is 0 Å². The summed E-state index contributed by atoms with van der Waals surface area (Å²) in [4.78, 5) is 0. The van der Waals surface area contributed by atoms with Gasteiger partial charge < -0.3 is 5.11 Å². The van der Waals surface area contributed by atoms with E-state index in [1.165, 1.54) is 70.6 Å². The van der Waals surface area contributed by atoms with Crippen molar-refractivity contribution >= 4 is 0 Å². The van der Waals surface area contributed by atoms with E-state index in [-0.39, 0.29) is 0 Å². The second kappa shape index (κ2) is 7.51. The smallest absolute Gasteiger partial charge is 0.0620 e. The molecule has 4 aliphatic carbocycles. The summed E-state index contributed by atoms with van der Waals surface area (Å²) in [5.74, 6) is 5.44. The van der Waals surface area contributed by atoms with Crippen molar-refractivity contribution in [2.75, 3.05) is 0 Å². The molecule has 0 aromatic heterocycles. The van der Waals surface area contributed by atoms with Gasteiger partial charge >= 0.3 is 0 Å². The summed E-state index contributed by atoms with van der Waals surface area (Å²) in [7, 11) is 0. The van der Waals surface area contributed by atoms with Gasteiger partial charge in [-0.1, -0.05) is 38.8 Å². The number of fused-ring (bicyclic) bond motifs is 5. The normalized spacial score (nSPS) is 50.1. The van der Waals surface area contributed by atoms with Crippen LogP contribution in [0, 0.1) is 40.9 Å². The average molecular weight is 373 g/mol. The predicted octanol–water partition coefficient (Wildman–Crippen LogP) is 7.14. The predicted molar refractivity (Wildman–Crippen MR) is 115 cm³/mol. The first kappa shape index (κ1) is 20.0. The van der Waals surface area contributed by atoms with Crippen LogP contribution < -0.4 is 0 Å². The third kappa shape index (κ3) is 3.56. The molecule has 8 atom stereocenters. The Hall–Kier alpha value is -0.300. The lowest BCUT2D eigenvalue weighted by molar-refractivity contribution is -0.0941. The van der Waals surface area contributed by atoms with Crippen molar-refractivity contribution in [1.29, 1.82) is 0 Å². The molecule has 4 aliphatic rings. The van der Waals surface area contributed by atoms with Crippen LogP contribution in [0.2, 0.25) is 0 Å². The molecule has 1 nitrogen and oxygen atoms in total. The van der Waals surface area contributed by atoms with E-state index in [0.29, 0.717) is 5.41 Å². The third-order valence-electron chi connectivity index (χ3n) is 9.89. The zero-order valence-corrected chi connectivity index (χ0v) is 18.3. The Labute approximate surface area is 168 Å². The molecule has 0 heterocycles. The summed E-state index contributed by atoms with van der Waals surface area (Å²) in [6.07, 6.45) is 17.2. The SMILES string of the molecule is C=C(CCC)C1CCC[C@H]2C3CCC4CCC(C)(O)CCC4C3CCC12C. The number of rotatable bonds is 3. The van der Waals surface area contributed by atoms with E-state index in [2.05, 4.69) is 27.4 Å². The van der Waals surface area contributed by atoms with Crippen molar-refractivity contribution in [3.05, 3.63) is 12.2 Å². The second-order valence-electron chi connectivity index (χ2n) is 11.4. The molecule has 0 aromatic rings. The molecule has 4 saturated carbocycles. The highest BCUT2D eigenvalue weighted by Gasteiger charge is 2.55. The highest BCUT2D eigenvalue weighted by atomic mass is 16.3. The second-order valence-corrected chi connectivity index (χ2v) is 11.4. The Bertz CT molecular complexity index is 548. The summed E-state index contributed by atoms with van der Waals surface area (Å²) in [5, 5.41) is 10.7. The lowest BCUT2D eigenvalue weighted by atomic mass is 9.45. The van der Waals surface area contributed by atoms with Crippen LogP contribution >= 0.6 is 0 Å². The van der Waals surface area contributed by atoms with Crippen LogP contribution in [0.5, 0.6) is 0 Å². The average Bonchev–Trinajstić information content (AvgIpc) is 2.79. The van der Waals surface area contributed by atoms with Crippen LogP contribution in [0.1, 0.15) is 104 Å². The zero-order chi connectivity index (χ0) is 19.2. The van der Waals surface area contributed by atoms with Gasteiger partial charge in [0, 0.05) is 0 Å². The van der Waals surface area contributed by atoms with Crippen molar-refractivity contribution in [3.63, 3.8) is 0 Å². The van der Waals surface area contributed by atoms with E-state index in [1.54, 1.807) is 5.57 Å². The minimum atomic E-state index is -0.399. The lowest BCUT2D eigenvalue weighted by Gasteiger charge is -2.60. The summed E-state index contributed by atoms with van der Waals surface area (Å²) < 4.78 is 0. The minimum Gasteiger partial charge on any atom is -0.390 e. The summed E-state index contributed by atoms with van der Waals surface area (Å²) in [6.45, 7) is 11.6. The maximum Gasteiger partial charge on any atom is 0.0620 e. The van der Waals surface area contributed by atoms with E-state index in [4.69, 9.17) is 0 Å². The van der Waals surface area contributed by atoms with Gasteiger partial charge in [0.05, 0.1) is 5.60 Å². The molecule has 0 saturated heterocycles. The fourth-order valence-corrected chi connectivity index (χ4v) is 8.50. The minimum absolute atomic E-state index is 0.399. The molecule has 1 heteroatoms. The molecular weight excluding hydrogens is 328 g/mol. The first-order valence-electron chi connectivity index (χ1n) is 12.3. The molecule has 154 valence electrons. The van der Waals surface area contributed by atoms with Gasteiger partial charge in [-0.25, -0.2) is 0 Å². The fraction of sp³-hybridized carbons (Fsp3) is 0.923. The molecule has 4 rings (SSSR count). The van der Waals surface area contributed by atoms with Crippen molar-refractivity contribution in [2.24, 2.45) is 40.9 Å². The fourth-order valence-electron chi connectivity index (χ4n) is 8.50. The van der Waals surface area contributed by atoms with Gasteiger partial charge in [0.15, 0.2) is 0 Å². The topological polar surface area (TPSA) is 20.2 Å². The molecule has 1 N–H and O–H groups in total. The molecule has 0 amide bonds. The third-order valence-corrected chi connectivity index (χ3v) is 9.89. The van der Waals surface area contributed by atoms with Crippen LogP contribution in [0.3, 0.4) is 0 Å². The summed E-state index contributed by atoms with van der Waals surface area (Å²) in [5.41, 5.74) is 1.70. The van der Waals surface area contributed by atoms with E-state index >= 15 is 0 Å². The molecule has 0 radical (unpaired) electrons. The number of hydrogen-bond donors (Lipinski definition) is 1. The molecule has 0 aliphatic heterocycles. The quantitative estimate of drug-likeness (QED) is 0.522. The number of aliphatic hydroxyl groups is 1. The number of allylic oxidation sites excluding steroid dienone is 1. The highest BCUT2D eigenvalue weighted by Crippen LogP contribution is 2.63. The van der Waals surface area contributed by atoms with E-state index in [0.717, 1.165) is 48.3 Å². The standard InChI is InChI=1S/C26H44O/c1-5-7-18(2)23-8-6-9-24-22-11-10-19-12-15-25(3,27)16-13-20(19)21(22)14-17-26(23,24)4/h19-24,27H,2,5-17H2,1,3-4H3/t19?,20?,21?,22?,23?,24-,25?,26?/m0/s1. The highest BCUT2D eigenvalue weighted by molar-refractivity contribution is 5.13. The van der Waals surface area contributed by atoms with Crippen molar-refractivity contribution < 1.29 is 5.11 Å². The summed E-state index contributed by atoms with van der Waals surface area (Å²) in [6, 6.07) is 0. The van der Waals surface area contributed by atoms with Crippen molar-refractivity contribution in [1.82, 2.24) is 0 Å². The van der Waals surface area contributed by atoms with E-state index < -0.39 is 5.60 Å². The Morgan fingerprint density at radius 3 is 2.41 bits per heavy atom. The Kier molecular flexibility index (Phi) is 5.56. The molecule has 7 unspecified atom stereocenters. The largest absolute Gasteiger partial charge is 0.390 e. The monoisotopic (exact) mass is 372 g/mol. The van der Waals surface area contributed by atoms with Gasteiger partial charge in [0.2, 0.25) is 0 Å². The van der Waals surface area contributed by atoms with Gasteiger partial charge in [0.25, 0.3) is 0 Å². The molecule has 0 bridgehead atoms. The van der Waals surface area contributed by atoms with Crippen LogP contribution in [-0.4, -0.2) is 10.7 Å². The molecule has 0 aromatic carbocycles. The van der Waals surface area contributed by atoms with E-state index in [1.807, 2.05) is 0 Å². The number of hydrogen-bond acceptors (Lipinski definition) is 1. The Balaban J connectivity index is 1.55. The Morgan fingerprint density at radius 1 is 0.889 bits per heavy atom. The van der Waals surface area contributed by atoms with Crippen LogP contribution in [0.4, 0.5) is 0 Å². The zero-order valence-electron chi connectivity index (χ0n) is 18.3. The molecule has 4 fully saturated rings. The van der Waals surface area contributed by atoms with Gasteiger partial charge in [0.1, 0.15) is 0 Å². The van der Waals surface area contributed by atoms with Gasteiger partial charge in [-0.3, -0.25) is 0 Å². The molecule has 0 spiro atoms. The maximum absolute atomic E-state index is 10.7. The summed E-state index contributed by atoms with van der Waals surface area (Å²) >= 11 is 0. The maximum atomic E-state index is 10.7. The van der Waals surface area contributed by atoms with Gasteiger partial charge in [-0.15, -0.1) is 0 Å². The van der Waals surface area contributed by atoms with Crippen LogP contribution in [0.25, 0.3) is 0 Å². The van der Waals surface area contributed by atoms with Crippen LogP contribution in [-0.2, 0) is 0 Å². The Morgan fingerprint density at radius 2 is 1.63 bits per heavy atom. The molecular formula is C26H44O. The lowest BCUT2D eigenvalue weighted by Crippen LogP contribution is -2.52. The van der Waals surface area contributed by atoms with Crippen LogP contribution in [0.15, 0.2) is 12.2 Å².